The highest BCUT2D eigenvalue weighted by atomic mass is 32.2. The molecule has 1 atom stereocenters. The zero-order chi connectivity index (χ0) is 14.6. The number of carbonyl (C=O) groups is 1. The third kappa shape index (κ3) is 3.35. The minimum atomic E-state index is -3.90. The molecule has 1 aromatic carbocycles. The lowest BCUT2D eigenvalue weighted by Crippen LogP contribution is -2.25. The molecular weight excluding hydrogens is 272 g/mol. The van der Waals surface area contributed by atoms with E-state index in [-0.39, 0.29) is 17.7 Å². The maximum Gasteiger partial charge on any atom is 0.339 e. The number of anilines is 1. The summed E-state index contributed by atoms with van der Waals surface area (Å²) < 4.78 is 25.6. The Kier molecular flexibility index (Phi) is 4.34. The zero-order valence-corrected chi connectivity index (χ0v) is 10.8. The number of nitriles is 1. The fraction of sp³-hybridized carbons (Fsp3) is 0.273. The Labute approximate surface area is 110 Å². The number of hydrogen-bond donors (Lipinski definition) is 3. The third-order valence-corrected chi connectivity index (χ3v) is 4.09. The Bertz CT molecular complexity index is 633. The van der Waals surface area contributed by atoms with Gasteiger partial charge in [-0.2, -0.15) is 5.26 Å². The van der Waals surface area contributed by atoms with Crippen LogP contribution in [-0.4, -0.2) is 29.9 Å². The van der Waals surface area contributed by atoms with Crippen molar-refractivity contribution in [3.05, 3.63) is 23.8 Å². The number of aromatic hydroxyl groups is 1. The molecule has 0 aliphatic rings. The number of phenols is 1. The van der Waals surface area contributed by atoms with Gasteiger partial charge >= 0.3 is 5.97 Å². The van der Waals surface area contributed by atoms with Gasteiger partial charge in [0.2, 0.25) is 10.0 Å². The number of sulfonamides is 1. The maximum atomic E-state index is 11.8. The Morgan fingerprint density at radius 2 is 2.16 bits per heavy atom. The highest BCUT2D eigenvalue weighted by molar-refractivity contribution is 7.93. The molecule has 1 unspecified atom stereocenters. The fourth-order valence-electron chi connectivity index (χ4n) is 1.39. The zero-order valence-electron chi connectivity index (χ0n) is 9.99. The van der Waals surface area contributed by atoms with E-state index in [2.05, 4.69) is 4.72 Å². The van der Waals surface area contributed by atoms with E-state index >= 15 is 0 Å². The average Bonchev–Trinajstić information content (AvgIpc) is 2.28. The molecule has 19 heavy (non-hydrogen) atoms. The molecule has 8 heteroatoms. The molecule has 0 aliphatic carbocycles. The number of rotatable bonds is 5. The Hall–Kier alpha value is -2.27. The molecule has 0 fully saturated rings. The lowest BCUT2D eigenvalue weighted by Gasteiger charge is -2.11. The van der Waals surface area contributed by atoms with Crippen molar-refractivity contribution in [2.24, 2.45) is 0 Å². The van der Waals surface area contributed by atoms with E-state index in [0.717, 1.165) is 12.1 Å². The summed E-state index contributed by atoms with van der Waals surface area (Å²) in [5.41, 5.74) is -0.341. The van der Waals surface area contributed by atoms with Gasteiger partial charge in [0.15, 0.2) is 5.25 Å². The lowest BCUT2D eigenvalue weighted by atomic mass is 10.2. The third-order valence-electron chi connectivity index (χ3n) is 2.38. The van der Waals surface area contributed by atoms with Crippen LogP contribution in [0.1, 0.15) is 23.7 Å². The Balaban J connectivity index is 3.05. The first-order chi connectivity index (χ1) is 8.81. The van der Waals surface area contributed by atoms with Crippen LogP contribution in [0.5, 0.6) is 5.75 Å². The Morgan fingerprint density at radius 1 is 1.53 bits per heavy atom. The van der Waals surface area contributed by atoms with Crippen LogP contribution in [0.25, 0.3) is 0 Å². The fourth-order valence-corrected chi connectivity index (χ4v) is 2.57. The number of benzene rings is 1. The number of nitrogens with one attached hydrogen (secondary N) is 1. The highest BCUT2D eigenvalue weighted by Crippen LogP contribution is 2.23. The van der Waals surface area contributed by atoms with E-state index in [9.17, 15) is 18.3 Å². The molecule has 3 N–H and O–H groups in total. The molecule has 0 spiro atoms. The number of nitrogens with zero attached hydrogens (tertiary/aromatic N) is 1. The van der Waals surface area contributed by atoms with Crippen LogP contribution in [0, 0.1) is 11.3 Å². The van der Waals surface area contributed by atoms with Gasteiger partial charge in [-0.25, -0.2) is 13.2 Å². The second-order valence-electron chi connectivity index (χ2n) is 3.71. The molecule has 1 rings (SSSR count). The van der Waals surface area contributed by atoms with Crippen LogP contribution in [-0.2, 0) is 10.0 Å². The maximum absolute atomic E-state index is 11.8. The number of carboxylic acid groups (broad SMARTS) is 1. The molecule has 0 aliphatic heterocycles. The minimum absolute atomic E-state index is 0.00352. The lowest BCUT2D eigenvalue weighted by molar-refractivity contribution is 0.0694. The van der Waals surface area contributed by atoms with E-state index in [1.54, 1.807) is 13.0 Å². The van der Waals surface area contributed by atoms with E-state index in [4.69, 9.17) is 10.4 Å². The van der Waals surface area contributed by atoms with E-state index < -0.39 is 27.0 Å². The highest BCUT2D eigenvalue weighted by Gasteiger charge is 2.23. The van der Waals surface area contributed by atoms with Crippen molar-refractivity contribution in [1.29, 1.82) is 5.26 Å². The molecule has 102 valence electrons. The topological polar surface area (TPSA) is 127 Å². The molecule has 0 saturated heterocycles. The molecule has 0 amide bonds. The minimum Gasteiger partial charge on any atom is -0.507 e. The normalized spacial score (nSPS) is 12.4. The molecule has 0 aromatic heterocycles. The predicted molar refractivity (Wildman–Crippen MR) is 67.3 cm³/mol. The Morgan fingerprint density at radius 3 is 2.58 bits per heavy atom. The second-order valence-corrected chi connectivity index (χ2v) is 5.57. The number of hydrogen-bond acceptors (Lipinski definition) is 5. The van der Waals surface area contributed by atoms with Crippen LogP contribution in [0.2, 0.25) is 0 Å². The van der Waals surface area contributed by atoms with Gasteiger partial charge in [-0.1, -0.05) is 6.92 Å². The van der Waals surface area contributed by atoms with Gasteiger partial charge in [-0.15, -0.1) is 0 Å². The van der Waals surface area contributed by atoms with Gasteiger partial charge in [0.05, 0.1) is 11.8 Å². The summed E-state index contributed by atoms with van der Waals surface area (Å²) in [5, 5.41) is 25.6. The van der Waals surface area contributed by atoms with Crippen molar-refractivity contribution in [3.8, 4) is 11.8 Å². The first-order valence-corrected chi connectivity index (χ1v) is 6.84. The summed E-state index contributed by atoms with van der Waals surface area (Å²) in [7, 11) is -3.90. The summed E-state index contributed by atoms with van der Waals surface area (Å²) in [4.78, 5) is 10.7. The average molecular weight is 284 g/mol. The first kappa shape index (κ1) is 14.8. The SMILES string of the molecule is CCC(C#N)S(=O)(=O)Nc1ccc(C(=O)O)c(O)c1. The molecule has 0 saturated carbocycles. The van der Waals surface area contributed by atoms with Crippen molar-refractivity contribution < 1.29 is 23.4 Å². The summed E-state index contributed by atoms with van der Waals surface area (Å²) in [6.45, 7) is 1.55. The van der Waals surface area contributed by atoms with Gasteiger partial charge in [0, 0.05) is 6.07 Å². The van der Waals surface area contributed by atoms with Crippen LogP contribution in [0.15, 0.2) is 18.2 Å². The summed E-state index contributed by atoms with van der Waals surface area (Å²) in [6.07, 6.45) is 0.116. The molecule has 7 nitrogen and oxygen atoms in total. The molecule has 0 radical (unpaired) electrons. The van der Waals surface area contributed by atoms with Gasteiger partial charge in [-0.3, -0.25) is 4.72 Å². The molecule has 1 aromatic rings. The van der Waals surface area contributed by atoms with Gasteiger partial charge in [0.25, 0.3) is 0 Å². The quantitative estimate of drug-likeness (QED) is 0.743. The molecule has 0 heterocycles. The van der Waals surface area contributed by atoms with Gasteiger partial charge < -0.3 is 10.2 Å². The van der Waals surface area contributed by atoms with Crippen LogP contribution in [0.4, 0.5) is 5.69 Å². The van der Waals surface area contributed by atoms with E-state index in [0.29, 0.717) is 0 Å². The van der Waals surface area contributed by atoms with E-state index in [1.165, 1.54) is 6.07 Å². The van der Waals surface area contributed by atoms with E-state index in [1.807, 2.05) is 0 Å². The van der Waals surface area contributed by atoms with Gasteiger partial charge in [0.1, 0.15) is 11.3 Å². The van der Waals surface area contributed by atoms with Crippen molar-refractivity contribution in [1.82, 2.24) is 0 Å². The summed E-state index contributed by atoms with van der Waals surface area (Å²) in [5.74, 6) is -1.88. The summed E-state index contributed by atoms with van der Waals surface area (Å²) in [6, 6.07) is 4.90. The smallest absolute Gasteiger partial charge is 0.339 e. The van der Waals surface area contributed by atoms with Crippen LogP contribution >= 0.6 is 0 Å². The summed E-state index contributed by atoms with van der Waals surface area (Å²) >= 11 is 0. The standard InChI is InChI=1S/C11H12N2O5S/c1-2-8(6-12)19(17,18)13-7-3-4-9(11(15)16)10(14)5-7/h3-5,8,13-14H,2H2,1H3,(H,15,16). The number of carboxylic acids is 1. The first-order valence-electron chi connectivity index (χ1n) is 5.29. The van der Waals surface area contributed by atoms with Crippen molar-refractivity contribution in [2.75, 3.05) is 4.72 Å². The van der Waals surface area contributed by atoms with Crippen molar-refractivity contribution in [2.45, 2.75) is 18.6 Å². The van der Waals surface area contributed by atoms with Crippen molar-refractivity contribution >= 4 is 21.7 Å². The van der Waals surface area contributed by atoms with Gasteiger partial charge in [-0.05, 0) is 18.6 Å². The van der Waals surface area contributed by atoms with Crippen LogP contribution in [0.3, 0.4) is 0 Å². The van der Waals surface area contributed by atoms with Crippen LogP contribution < -0.4 is 4.72 Å². The monoisotopic (exact) mass is 284 g/mol. The second kappa shape index (κ2) is 5.58. The molecule has 0 bridgehead atoms. The van der Waals surface area contributed by atoms with Crippen molar-refractivity contribution in [3.63, 3.8) is 0 Å². The predicted octanol–water partition coefficient (Wildman–Crippen LogP) is 1.13. The largest absolute Gasteiger partial charge is 0.507 e. The molecular formula is C11H12N2O5S. The number of aromatic carboxylic acids is 1.